The highest BCUT2D eigenvalue weighted by Gasteiger charge is 2.12. The van der Waals surface area contributed by atoms with Crippen LogP contribution in [-0.4, -0.2) is 4.99 Å². The smallest absolute Gasteiger partial charge is 0.152 e. The zero-order valence-electron chi connectivity index (χ0n) is 9.88. The fourth-order valence-electron chi connectivity index (χ4n) is 1.60. The molecule has 0 saturated heterocycles. The van der Waals surface area contributed by atoms with Crippen molar-refractivity contribution in [3.05, 3.63) is 58.4 Å². The van der Waals surface area contributed by atoms with Crippen LogP contribution in [0.1, 0.15) is 5.56 Å². The number of rotatable bonds is 3. The van der Waals surface area contributed by atoms with E-state index in [0.29, 0.717) is 23.4 Å². The topological polar surface area (TPSA) is 38.0 Å². The molecule has 0 amide bonds. The van der Waals surface area contributed by atoms with Crippen molar-refractivity contribution in [2.75, 3.05) is 5.32 Å². The molecule has 0 radical (unpaired) electrons. The number of anilines is 2. The highest BCUT2D eigenvalue weighted by atomic mass is 35.5. The molecule has 104 valence electrons. The van der Waals surface area contributed by atoms with E-state index in [4.69, 9.17) is 29.6 Å². The van der Waals surface area contributed by atoms with Gasteiger partial charge in [0, 0.05) is 23.4 Å². The molecule has 0 aliphatic heterocycles. The van der Waals surface area contributed by atoms with Crippen molar-refractivity contribution >= 4 is 40.2 Å². The molecule has 2 aromatic carbocycles. The Bertz CT molecular complexity index is 668. The second-order valence-corrected chi connectivity index (χ2v) is 4.78. The normalized spacial score (nSPS) is 10.4. The third-order valence-electron chi connectivity index (χ3n) is 2.51. The Morgan fingerprint density at radius 3 is 2.20 bits per heavy atom. The lowest BCUT2D eigenvalue weighted by molar-refractivity contribution is 0.549. The Morgan fingerprint density at radius 1 is 1.10 bits per heavy atom. The summed E-state index contributed by atoms with van der Waals surface area (Å²) in [6, 6.07) is 5.60. The van der Waals surface area contributed by atoms with Crippen molar-refractivity contribution in [1.29, 1.82) is 0 Å². The molecule has 3 N–H and O–H groups in total. The van der Waals surface area contributed by atoms with Crippen LogP contribution in [0.2, 0.25) is 5.02 Å². The molecule has 0 heterocycles. The van der Waals surface area contributed by atoms with E-state index in [-0.39, 0.29) is 10.0 Å². The first-order valence-electron chi connectivity index (χ1n) is 5.39. The minimum Gasteiger partial charge on any atom is -0.389 e. The molecule has 2 rings (SSSR count). The van der Waals surface area contributed by atoms with Crippen LogP contribution >= 0.6 is 23.8 Å². The highest BCUT2D eigenvalue weighted by Crippen LogP contribution is 2.27. The number of halogens is 4. The largest absolute Gasteiger partial charge is 0.389 e. The second-order valence-electron chi connectivity index (χ2n) is 3.93. The molecule has 0 saturated carbocycles. The van der Waals surface area contributed by atoms with E-state index >= 15 is 0 Å². The summed E-state index contributed by atoms with van der Waals surface area (Å²) in [7, 11) is 0. The molecule has 0 aliphatic carbocycles. The van der Waals surface area contributed by atoms with Crippen LogP contribution in [0.15, 0.2) is 30.3 Å². The zero-order chi connectivity index (χ0) is 14.9. The van der Waals surface area contributed by atoms with Crippen LogP contribution in [0, 0.1) is 17.5 Å². The minimum atomic E-state index is -1.04. The lowest BCUT2D eigenvalue weighted by Gasteiger charge is -2.10. The zero-order valence-corrected chi connectivity index (χ0v) is 11.5. The van der Waals surface area contributed by atoms with Crippen LogP contribution in [0.5, 0.6) is 0 Å². The van der Waals surface area contributed by atoms with Gasteiger partial charge in [0.2, 0.25) is 0 Å². The number of nitrogens with two attached hydrogens (primary N) is 1. The number of nitrogens with one attached hydrogen (secondary N) is 1. The van der Waals surface area contributed by atoms with Crippen molar-refractivity contribution in [3.63, 3.8) is 0 Å². The van der Waals surface area contributed by atoms with Gasteiger partial charge in [0.15, 0.2) is 11.6 Å². The van der Waals surface area contributed by atoms with Crippen molar-refractivity contribution < 1.29 is 13.2 Å². The molecule has 7 heteroatoms. The van der Waals surface area contributed by atoms with Gasteiger partial charge in [-0.15, -0.1) is 0 Å². The Labute approximate surface area is 123 Å². The fraction of sp³-hybridized carbons (Fsp3) is 0. The van der Waals surface area contributed by atoms with Gasteiger partial charge >= 0.3 is 0 Å². The molecule has 2 aromatic rings. The first kappa shape index (κ1) is 14.6. The van der Waals surface area contributed by atoms with E-state index in [2.05, 4.69) is 5.32 Å². The summed E-state index contributed by atoms with van der Waals surface area (Å²) in [6.07, 6.45) is 0. The lowest BCUT2D eigenvalue weighted by atomic mass is 10.2. The quantitative estimate of drug-likeness (QED) is 0.836. The van der Waals surface area contributed by atoms with Crippen LogP contribution in [-0.2, 0) is 0 Å². The SMILES string of the molecule is NC(=S)c1ccc(Nc2c(F)cc(F)cc2F)cc1Cl. The summed E-state index contributed by atoms with van der Waals surface area (Å²) in [4.78, 5) is 0.112. The van der Waals surface area contributed by atoms with E-state index < -0.39 is 23.1 Å². The van der Waals surface area contributed by atoms with Gasteiger partial charge in [0.05, 0.1) is 5.02 Å². The van der Waals surface area contributed by atoms with Gasteiger partial charge in [-0.2, -0.15) is 0 Å². The average Bonchev–Trinajstić information content (AvgIpc) is 2.33. The van der Waals surface area contributed by atoms with Crippen molar-refractivity contribution in [2.45, 2.75) is 0 Å². The summed E-state index contributed by atoms with van der Waals surface area (Å²) >= 11 is 10.7. The van der Waals surface area contributed by atoms with E-state index in [1.54, 1.807) is 0 Å². The number of hydrogen-bond donors (Lipinski definition) is 2. The van der Waals surface area contributed by atoms with Crippen molar-refractivity contribution in [3.8, 4) is 0 Å². The molecule has 0 bridgehead atoms. The third kappa shape index (κ3) is 3.02. The van der Waals surface area contributed by atoms with E-state index in [1.165, 1.54) is 18.2 Å². The molecule has 20 heavy (non-hydrogen) atoms. The Hall–Kier alpha value is -1.79. The monoisotopic (exact) mass is 316 g/mol. The third-order valence-corrected chi connectivity index (χ3v) is 3.04. The van der Waals surface area contributed by atoms with Crippen LogP contribution < -0.4 is 11.1 Å². The van der Waals surface area contributed by atoms with Gasteiger partial charge < -0.3 is 11.1 Å². The molecule has 0 fully saturated rings. The van der Waals surface area contributed by atoms with Gasteiger partial charge in [-0.25, -0.2) is 13.2 Å². The molecule has 2 nitrogen and oxygen atoms in total. The molecule has 0 aromatic heterocycles. The van der Waals surface area contributed by atoms with Crippen LogP contribution in [0.25, 0.3) is 0 Å². The van der Waals surface area contributed by atoms with Crippen LogP contribution in [0.3, 0.4) is 0 Å². The molecule has 0 atom stereocenters. The van der Waals surface area contributed by atoms with Crippen LogP contribution in [0.4, 0.5) is 24.5 Å². The van der Waals surface area contributed by atoms with Gasteiger partial charge in [0.25, 0.3) is 0 Å². The Kier molecular flexibility index (Phi) is 4.15. The highest BCUT2D eigenvalue weighted by molar-refractivity contribution is 7.80. The van der Waals surface area contributed by atoms with E-state index in [1.807, 2.05) is 0 Å². The summed E-state index contributed by atoms with van der Waals surface area (Å²) < 4.78 is 39.8. The Balaban J connectivity index is 2.36. The standard InChI is InChI=1S/C13H8ClF3N2S/c14-9-5-7(1-2-8(9)13(18)20)19-12-10(16)3-6(15)4-11(12)17/h1-5,19H,(H2,18,20). The van der Waals surface area contributed by atoms with E-state index in [0.717, 1.165) is 0 Å². The number of benzene rings is 2. The predicted molar refractivity (Wildman–Crippen MR) is 76.9 cm³/mol. The molecular weight excluding hydrogens is 309 g/mol. The maximum Gasteiger partial charge on any atom is 0.152 e. The summed E-state index contributed by atoms with van der Waals surface area (Å²) in [5.41, 5.74) is 5.75. The maximum atomic E-state index is 13.5. The number of thiocarbonyl (C=S) groups is 1. The van der Waals surface area contributed by atoms with Gasteiger partial charge in [-0.1, -0.05) is 23.8 Å². The first-order chi connectivity index (χ1) is 9.38. The van der Waals surface area contributed by atoms with Gasteiger partial charge in [-0.05, 0) is 18.2 Å². The van der Waals surface area contributed by atoms with Gasteiger partial charge in [-0.3, -0.25) is 0 Å². The minimum absolute atomic E-state index is 0.112. The van der Waals surface area contributed by atoms with E-state index in [9.17, 15) is 13.2 Å². The molecule has 0 spiro atoms. The maximum absolute atomic E-state index is 13.5. The number of hydrogen-bond acceptors (Lipinski definition) is 2. The molecule has 0 aliphatic rings. The first-order valence-corrected chi connectivity index (χ1v) is 6.18. The molecule has 0 unspecified atom stereocenters. The summed E-state index contributed by atoms with van der Waals surface area (Å²) in [5.74, 6) is -3.08. The van der Waals surface area contributed by atoms with Crippen molar-refractivity contribution in [1.82, 2.24) is 0 Å². The second kappa shape index (κ2) is 5.68. The summed E-state index contributed by atoms with van der Waals surface area (Å²) in [5, 5.41) is 2.73. The lowest BCUT2D eigenvalue weighted by Crippen LogP contribution is -2.10. The van der Waals surface area contributed by atoms with Gasteiger partial charge in [0.1, 0.15) is 16.5 Å². The average molecular weight is 317 g/mol. The Morgan fingerprint density at radius 2 is 1.70 bits per heavy atom. The fourth-order valence-corrected chi connectivity index (χ4v) is 2.12. The summed E-state index contributed by atoms with van der Waals surface area (Å²) in [6.45, 7) is 0. The van der Waals surface area contributed by atoms with Crippen molar-refractivity contribution in [2.24, 2.45) is 5.73 Å². The predicted octanol–water partition coefficient (Wildman–Crippen LogP) is 4.14. The molecular formula is C13H8ClF3N2S.